The van der Waals surface area contributed by atoms with Crippen LogP contribution in [0, 0.1) is 5.41 Å². The Labute approximate surface area is 207 Å². The first-order valence-corrected chi connectivity index (χ1v) is 12.2. The van der Waals surface area contributed by atoms with Crippen molar-refractivity contribution in [3.05, 3.63) is 63.2 Å². The molecule has 5 atom stereocenters. The molecule has 2 aliphatic rings. The zero-order valence-corrected chi connectivity index (χ0v) is 20.4. The first kappa shape index (κ1) is 21.7. The molecule has 4 heterocycles. The highest BCUT2D eigenvalue weighted by Crippen LogP contribution is 2.52. The van der Waals surface area contributed by atoms with E-state index in [9.17, 15) is 10.2 Å². The van der Waals surface area contributed by atoms with Crippen LogP contribution in [0.4, 0.5) is 0 Å². The highest BCUT2D eigenvalue weighted by molar-refractivity contribution is 9.10. The van der Waals surface area contributed by atoms with Gasteiger partial charge in [0.15, 0.2) is 0 Å². The number of nitrogens with zero attached hydrogens (tertiary/aromatic N) is 4. The molecule has 0 bridgehead atoms. The summed E-state index contributed by atoms with van der Waals surface area (Å²) in [5.41, 5.74) is 2.11. The standard InChI is InChI=1S/C23H20BrCl2N5O2/c24-14-5-11-1-2-12(6-15(11)30-21(14)26)16-7-23(9-27-16)8-17(18(32)19(23)33)31-4-3-13-20(25)28-10-29-22(13)31/h1-6,10,16-19,27,32-33H,7-9H2/t16-,17+,18-,19-,23-/m0/s1. The van der Waals surface area contributed by atoms with Gasteiger partial charge in [-0.2, -0.15) is 0 Å². The molecule has 4 aromatic rings. The fourth-order valence-electron chi connectivity index (χ4n) is 5.55. The van der Waals surface area contributed by atoms with E-state index >= 15 is 0 Å². The number of rotatable bonds is 2. The highest BCUT2D eigenvalue weighted by atomic mass is 79.9. The monoisotopic (exact) mass is 547 g/mol. The van der Waals surface area contributed by atoms with Crippen molar-refractivity contribution in [3.8, 4) is 0 Å². The van der Waals surface area contributed by atoms with Crippen molar-refractivity contribution in [1.29, 1.82) is 0 Å². The minimum absolute atomic E-state index is 0.0393. The molecular weight excluding hydrogens is 529 g/mol. The summed E-state index contributed by atoms with van der Waals surface area (Å²) >= 11 is 15.8. The van der Waals surface area contributed by atoms with Gasteiger partial charge in [-0.15, -0.1) is 0 Å². The first-order valence-electron chi connectivity index (χ1n) is 10.7. The molecule has 1 aliphatic carbocycles. The van der Waals surface area contributed by atoms with Crippen LogP contribution in [-0.4, -0.2) is 48.5 Å². The Morgan fingerprint density at radius 3 is 2.79 bits per heavy atom. The van der Waals surface area contributed by atoms with E-state index in [4.69, 9.17) is 23.2 Å². The topological polar surface area (TPSA) is 96.1 Å². The molecule has 0 radical (unpaired) electrons. The van der Waals surface area contributed by atoms with Crippen molar-refractivity contribution in [2.24, 2.45) is 5.41 Å². The van der Waals surface area contributed by atoms with Crippen LogP contribution in [-0.2, 0) is 0 Å². The van der Waals surface area contributed by atoms with E-state index in [1.807, 2.05) is 35.0 Å². The predicted molar refractivity (Wildman–Crippen MR) is 130 cm³/mol. The number of aliphatic hydroxyl groups is 2. The number of benzene rings is 1. The molecule has 1 spiro atoms. The molecule has 3 N–H and O–H groups in total. The SMILES string of the molecule is O[C@H]1[C@H](n2ccc3c(Cl)ncnc32)C[C@@]2(CN[C@H](c3ccc4cc(Br)c(Cl)nc4c3)C2)[C@H]1O. The molecular formula is C23H20BrCl2N5O2. The second-order valence-corrected chi connectivity index (χ2v) is 10.6. The molecule has 2 fully saturated rings. The van der Waals surface area contributed by atoms with Crippen molar-refractivity contribution in [3.63, 3.8) is 0 Å². The second-order valence-electron chi connectivity index (χ2n) is 9.04. The maximum Gasteiger partial charge on any atom is 0.145 e. The average molecular weight is 549 g/mol. The zero-order chi connectivity index (χ0) is 22.9. The van der Waals surface area contributed by atoms with E-state index in [-0.39, 0.29) is 12.1 Å². The number of halogens is 3. The van der Waals surface area contributed by atoms with Gasteiger partial charge >= 0.3 is 0 Å². The van der Waals surface area contributed by atoms with Crippen LogP contribution in [0.25, 0.3) is 21.9 Å². The van der Waals surface area contributed by atoms with E-state index < -0.39 is 17.6 Å². The first-order chi connectivity index (χ1) is 15.9. The Bertz CT molecular complexity index is 1400. The van der Waals surface area contributed by atoms with Gasteiger partial charge in [-0.05, 0) is 52.5 Å². The van der Waals surface area contributed by atoms with Crippen molar-refractivity contribution >= 4 is 61.1 Å². The lowest BCUT2D eigenvalue weighted by atomic mass is 9.80. The van der Waals surface area contributed by atoms with E-state index in [1.54, 1.807) is 0 Å². The maximum atomic E-state index is 11.2. The Morgan fingerprint density at radius 1 is 1.09 bits per heavy atom. The van der Waals surface area contributed by atoms with E-state index in [1.165, 1.54) is 6.33 Å². The number of pyridine rings is 1. The second kappa shape index (κ2) is 7.86. The zero-order valence-electron chi connectivity index (χ0n) is 17.3. The quantitative estimate of drug-likeness (QED) is 0.253. The van der Waals surface area contributed by atoms with Crippen LogP contribution < -0.4 is 5.32 Å². The van der Waals surface area contributed by atoms with Gasteiger partial charge in [0.05, 0.1) is 27.5 Å². The molecule has 10 heteroatoms. The van der Waals surface area contributed by atoms with Gasteiger partial charge in [-0.1, -0.05) is 35.3 Å². The number of fused-ring (bicyclic) bond motifs is 2. The normalized spacial score (nSPS) is 29.6. The number of aromatic nitrogens is 4. The fourth-order valence-corrected chi connectivity index (χ4v) is 6.22. The minimum Gasteiger partial charge on any atom is -0.390 e. The predicted octanol–water partition coefficient (Wildman–Crippen LogP) is 4.44. The summed E-state index contributed by atoms with van der Waals surface area (Å²) in [6.45, 7) is 0.605. The Balaban J connectivity index is 1.30. The Morgan fingerprint density at radius 2 is 1.94 bits per heavy atom. The molecule has 0 amide bonds. The van der Waals surface area contributed by atoms with Crippen LogP contribution in [0.2, 0.25) is 10.3 Å². The largest absolute Gasteiger partial charge is 0.390 e. The summed E-state index contributed by atoms with van der Waals surface area (Å²) in [4.78, 5) is 12.9. The number of hydrogen-bond donors (Lipinski definition) is 3. The summed E-state index contributed by atoms with van der Waals surface area (Å²) in [7, 11) is 0. The van der Waals surface area contributed by atoms with Crippen LogP contribution in [0.15, 0.2) is 47.3 Å². The molecule has 33 heavy (non-hydrogen) atoms. The van der Waals surface area contributed by atoms with E-state index in [2.05, 4.69) is 42.3 Å². The van der Waals surface area contributed by atoms with E-state index in [0.717, 1.165) is 26.3 Å². The van der Waals surface area contributed by atoms with Crippen molar-refractivity contribution < 1.29 is 10.2 Å². The lowest BCUT2D eigenvalue weighted by Crippen LogP contribution is -2.38. The van der Waals surface area contributed by atoms with Crippen molar-refractivity contribution in [2.45, 2.75) is 37.1 Å². The van der Waals surface area contributed by atoms with Crippen LogP contribution >= 0.6 is 39.1 Å². The fraction of sp³-hybridized carbons (Fsp3) is 0.348. The molecule has 0 unspecified atom stereocenters. The Hall–Kier alpha value is -1.81. The third-order valence-corrected chi connectivity index (χ3v) is 8.67. The van der Waals surface area contributed by atoms with Crippen LogP contribution in [0.1, 0.15) is 30.5 Å². The molecule has 1 aromatic carbocycles. The molecule has 3 aromatic heterocycles. The summed E-state index contributed by atoms with van der Waals surface area (Å²) in [6, 6.07) is 9.69. The lowest BCUT2D eigenvalue weighted by molar-refractivity contribution is -0.0218. The molecule has 170 valence electrons. The maximum absolute atomic E-state index is 11.2. The van der Waals surface area contributed by atoms with Crippen molar-refractivity contribution in [1.82, 2.24) is 24.8 Å². The van der Waals surface area contributed by atoms with Gasteiger partial charge in [-0.25, -0.2) is 15.0 Å². The Kier molecular flexibility index (Phi) is 5.17. The smallest absolute Gasteiger partial charge is 0.145 e. The van der Waals surface area contributed by atoms with Gasteiger partial charge in [0.1, 0.15) is 28.4 Å². The summed E-state index contributed by atoms with van der Waals surface area (Å²) in [5, 5.41) is 28.3. The van der Waals surface area contributed by atoms with E-state index in [0.29, 0.717) is 35.3 Å². The third-order valence-electron chi connectivity index (χ3n) is 7.24. The third kappa shape index (κ3) is 3.38. The highest BCUT2D eigenvalue weighted by Gasteiger charge is 2.56. The molecule has 1 saturated heterocycles. The van der Waals surface area contributed by atoms with Crippen LogP contribution in [0.5, 0.6) is 0 Å². The molecule has 6 rings (SSSR count). The lowest BCUT2D eigenvalue weighted by Gasteiger charge is -2.27. The van der Waals surface area contributed by atoms with Crippen molar-refractivity contribution in [2.75, 3.05) is 6.54 Å². The number of aliphatic hydroxyl groups excluding tert-OH is 2. The summed E-state index contributed by atoms with van der Waals surface area (Å²) in [5.74, 6) is 0. The van der Waals surface area contributed by atoms with Gasteiger partial charge in [0.2, 0.25) is 0 Å². The average Bonchev–Trinajstić information content (AvgIpc) is 3.48. The number of hydrogen-bond acceptors (Lipinski definition) is 6. The molecule has 1 saturated carbocycles. The molecule has 1 aliphatic heterocycles. The summed E-state index contributed by atoms with van der Waals surface area (Å²) in [6.07, 6.45) is 2.83. The minimum atomic E-state index is -0.913. The van der Waals surface area contributed by atoms with Gasteiger partial charge in [-0.3, -0.25) is 0 Å². The van der Waals surface area contributed by atoms with Crippen LogP contribution in [0.3, 0.4) is 0 Å². The van der Waals surface area contributed by atoms with Gasteiger partial charge in [0.25, 0.3) is 0 Å². The molecule has 7 nitrogen and oxygen atoms in total. The summed E-state index contributed by atoms with van der Waals surface area (Å²) < 4.78 is 2.68. The van der Waals surface area contributed by atoms with Gasteiger partial charge in [0, 0.05) is 29.6 Å². The number of nitrogens with one attached hydrogen (secondary N) is 1. The van der Waals surface area contributed by atoms with Gasteiger partial charge < -0.3 is 20.1 Å².